The van der Waals surface area contributed by atoms with E-state index < -0.39 is 5.38 Å². The molecule has 0 fully saturated rings. The molecule has 1 unspecified atom stereocenters. The molecule has 0 saturated heterocycles. The van der Waals surface area contributed by atoms with Crippen LogP contribution in [0, 0.1) is 11.3 Å². The number of alkyl halides is 1. The Kier molecular flexibility index (Phi) is 2.24. The third-order valence-corrected chi connectivity index (χ3v) is 1.38. The molecule has 1 heterocycles. The molecule has 0 aromatic carbocycles. The van der Waals surface area contributed by atoms with Crippen molar-refractivity contribution < 1.29 is 0 Å². The van der Waals surface area contributed by atoms with Gasteiger partial charge in [0.15, 0.2) is 5.38 Å². The number of hydrogen-bond donors (Lipinski definition) is 0. The summed E-state index contributed by atoms with van der Waals surface area (Å²) >= 11 is 5.57. The Morgan fingerprint density at radius 2 is 2.40 bits per heavy atom. The summed E-state index contributed by atoms with van der Waals surface area (Å²) in [5.74, 6) is 0. The number of pyridine rings is 1. The van der Waals surface area contributed by atoms with Crippen molar-refractivity contribution in [1.82, 2.24) is 4.98 Å². The number of halogens is 1. The molecule has 0 amide bonds. The lowest BCUT2D eigenvalue weighted by molar-refractivity contribution is 1.08. The van der Waals surface area contributed by atoms with Crippen molar-refractivity contribution >= 4 is 11.6 Å². The first-order valence-corrected chi connectivity index (χ1v) is 3.23. The quantitative estimate of drug-likeness (QED) is 0.577. The summed E-state index contributed by atoms with van der Waals surface area (Å²) in [5, 5.41) is 7.74. The van der Waals surface area contributed by atoms with Crippen molar-refractivity contribution in [3.05, 3.63) is 30.1 Å². The van der Waals surface area contributed by atoms with Gasteiger partial charge in [0.2, 0.25) is 0 Å². The van der Waals surface area contributed by atoms with E-state index in [2.05, 4.69) is 4.98 Å². The Morgan fingerprint density at radius 1 is 1.60 bits per heavy atom. The van der Waals surface area contributed by atoms with Crippen LogP contribution in [0.25, 0.3) is 0 Å². The Balaban J connectivity index is 2.88. The van der Waals surface area contributed by atoms with Gasteiger partial charge < -0.3 is 0 Å². The zero-order valence-electron chi connectivity index (χ0n) is 5.16. The topological polar surface area (TPSA) is 36.7 Å². The van der Waals surface area contributed by atoms with Crippen LogP contribution < -0.4 is 0 Å². The van der Waals surface area contributed by atoms with E-state index in [1.165, 1.54) is 0 Å². The zero-order chi connectivity index (χ0) is 7.40. The Bertz CT molecular complexity index is 240. The van der Waals surface area contributed by atoms with Gasteiger partial charge in [-0.2, -0.15) is 5.26 Å². The molecule has 50 valence electrons. The molecule has 0 spiro atoms. The van der Waals surface area contributed by atoms with E-state index in [0.717, 1.165) is 0 Å². The van der Waals surface area contributed by atoms with Gasteiger partial charge in [-0.15, -0.1) is 0 Å². The molecule has 1 aromatic rings. The van der Waals surface area contributed by atoms with E-state index in [4.69, 9.17) is 16.9 Å². The van der Waals surface area contributed by atoms with Gasteiger partial charge in [0.05, 0.1) is 11.8 Å². The van der Waals surface area contributed by atoms with E-state index in [0.29, 0.717) is 5.69 Å². The highest BCUT2D eigenvalue weighted by molar-refractivity contribution is 6.22. The molecule has 3 heteroatoms. The fourth-order valence-corrected chi connectivity index (χ4v) is 0.721. The number of aromatic nitrogens is 1. The highest BCUT2D eigenvalue weighted by Gasteiger charge is 2.04. The minimum atomic E-state index is -0.624. The lowest BCUT2D eigenvalue weighted by Crippen LogP contribution is -1.88. The maximum absolute atomic E-state index is 8.37. The highest BCUT2D eigenvalue weighted by Crippen LogP contribution is 2.14. The molecular formula is C7H5ClN2. The van der Waals surface area contributed by atoms with Gasteiger partial charge in [-0.1, -0.05) is 17.7 Å². The average Bonchev–Trinajstić information content (AvgIpc) is 2.05. The summed E-state index contributed by atoms with van der Waals surface area (Å²) in [6.45, 7) is 0. The first-order valence-electron chi connectivity index (χ1n) is 2.79. The summed E-state index contributed by atoms with van der Waals surface area (Å²) in [4.78, 5) is 3.90. The molecular weight excluding hydrogens is 148 g/mol. The van der Waals surface area contributed by atoms with Crippen LogP contribution in [0.4, 0.5) is 0 Å². The van der Waals surface area contributed by atoms with Crippen molar-refractivity contribution in [2.75, 3.05) is 0 Å². The normalized spacial score (nSPS) is 12.0. The van der Waals surface area contributed by atoms with Gasteiger partial charge >= 0.3 is 0 Å². The SMILES string of the molecule is N#CC(Cl)c1ccccn1. The smallest absolute Gasteiger partial charge is 0.162 e. The standard InChI is InChI=1S/C7H5ClN2/c8-6(5-9)7-3-1-2-4-10-7/h1-4,6H. The van der Waals surface area contributed by atoms with Crippen LogP contribution in [-0.4, -0.2) is 4.98 Å². The predicted octanol–water partition coefficient (Wildman–Crippen LogP) is 1.89. The maximum atomic E-state index is 8.37. The monoisotopic (exact) mass is 152 g/mol. The zero-order valence-corrected chi connectivity index (χ0v) is 5.92. The molecule has 0 N–H and O–H groups in total. The summed E-state index contributed by atoms with van der Waals surface area (Å²) in [5.41, 5.74) is 0.603. The molecule has 1 rings (SSSR count). The average molecular weight is 153 g/mol. The van der Waals surface area contributed by atoms with E-state index in [-0.39, 0.29) is 0 Å². The number of nitrogens with zero attached hydrogens (tertiary/aromatic N) is 2. The number of hydrogen-bond acceptors (Lipinski definition) is 2. The van der Waals surface area contributed by atoms with Crippen molar-refractivity contribution in [2.45, 2.75) is 5.38 Å². The van der Waals surface area contributed by atoms with Crippen molar-refractivity contribution in [2.24, 2.45) is 0 Å². The molecule has 0 aliphatic heterocycles. The molecule has 0 saturated carbocycles. The molecule has 0 aliphatic carbocycles. The lowest BCUT2D eigenvalue weighted by atomic mass is 10.3. The summed E-state index contributed by atoms with van der Waals surface area (Å²) < 4.78 is 0. The van der Waals surface area contributed by atoms with Gasteiger partial charge in [-0.3, -0.25) is 4.98 Å². The minimum absolute atomic E-state index is 0.603. The van der Waals surface area contributed by atoms with Gasteiger partial charge in [-0.05, 0) is 12.1 Å². The van der Waals surface area contributed by atoms with Crippen LogP contribution in [0.1, 0.15) is 11.1 Å². The Morgan fingerprint density at radius 3 is 2.90 bits per heavy atom. The predicted molar refractivity (Wildman–Crippen MR) is 38.4 cm³/mol. The third-order valence-electron chi connectivity index (χ3n) is 1.06. The van der Waals surface area contributed by atoms with Crippen LogP contribution in [0.5, 0.6) is 0 Å². The maximum Gasteiger partial charge on any atom is 0.162 e. The molecule has 10 heavy (non-hydrogen) atoms. The van der Waals surface area contributed by atoms with Crippen molar-refractivity contribution in [3.63, 3.8) is 0 Å². The second-order valence-corrected chi connectivity index (χ2v) is 2.18. The van der Waals surface area contributed by atoms with E-state index in [1.54, 1.807) is 24.4 Å². The van der Waals surface area contributed by atoms with Crippen LogP contribution in [-0.2, 0) is 0 Å². The van der Waals surface area contributed by atoms with E-state index in [1.807, 2.05) is 6.07 Å². The largest absolute Gasteiger partial charge is 0.259 e. The number of rotatable bonds is 1. The highest BCUT2D eigenvalue weighted by atomic mass is 35.5. The first kappa shape index (κ1) is 7.04. The minimum Gasteiger partial charge on any atom is -0.259 e. The molecule has 1 atom stereocenters. The van der Waals surface area contributed by atoms with Gasteiger partial charge in [0.25, 0.3) is 0 Å². The van der Waals surface area contributed by atoms with Crippen molar-refractivity contribution in [1.29, 1.82) is 5.26 Å². The fourth-order valence-electron chi connectivity index (χ4n) is 0.592. The second-order valence-electron chi connectivity index (χ2n) is 1.75. The first-order chi connectivity index (χ1) is 4.84. The Hall–Kier alpha value is -1.07. The second kappa shape index (κ2) is 3.19. The molecule has 0 radical (unpaired) electrons. The fraction of sp³-hybridized carbons (Fsp3) is 0.143. The van der Waals surface area contributed by atoms with Crippen LogP contribution in [0.2, 0.25) is 0 Å². The molecule has 2 nitrogen and oxygen atoms in total. The summed E-state index contributed by atoms with van der Waals surface area (Å²) in [6.07, 6.45) is 1.61. The summed E-state index contributed by atoms with van der Waals surface area (Å²) in [6, 6.07) is 7.19. The van der Waals surface area contributed by atoms with Gasteiger partial charge in [0.1, 0.15) is 0 Å². The van der Waals surface area contributed by atoms with Gasteiger partial charge in [-0.25, -0.2) is 0 Å². The van der Waals surface area contributed by atoms with Crippen LogP contribution in [0.15, 0.2) is 24.4 Å². The van der Waals surface area contributed by atoms with Crippen LogP contribution >= 0.6 is 11.6 Å². The molecule has 0 aliphatic rings. The van der Waals surface area contributed by atoms with Gasteiger partial charge in [0, 0.05) is 6.20 Å². The van der Waals surface area contributed by atoms with E-state index >= 15 is 0 Å². The van der Waals surface area contributed by atoms with E-state index in [9.17, 15) is 0 Å². The Labute approximate surface area is 64.1 Å². The molecule has 0 bridgehead atoms. The third kappa shape index (κ3) is 1.46. The van der Waals surface area contributed by atoms with Crippen LogP contribution in [0.3, 0.4) is 0 Å². The van der Waals surface area contributed by atoms with Crippen molar-refractivity contribution in [3.8, 4) is 6.07 Å². The number of nitriles is 1. The molecule has 1 aromatic heterocycles. The lowest BCUT2D eigenvalue weighted by Gasteiger charge is -1.95. The summed E-state index contributed by atoms with van der Waals surface area (Å²) in [7, 11) is 0.